The fourth-order valence-electron chi connectivity index (χ4n) is 4.13. The standard InChI is InChI=1S/C22H26N2O3S/c1-2-27-22(26)20-17-9-5-6-10-18(17)28-21(20)23-19(25)14-24-12-11-15-7-3-4-8-16(15)13-24/h3-4,7-8H,2,5-6,9-14H2,1H3,(H,23,25). The molecule has 0 unspecified atom stereocenters. The number of fused-ring (bicyclic) bond motifs is 2. The molecule has 2 aromatic rings. The molecule has 4 rings (SSSR count). The molecule has 2 heterocycles. The molecule has 0 bridgehead atoms. The quantitative estimate of drug-likeness (QED) is 0.779. The van der Waals surface area contributed by atoms with Crippen LogP contribution in [0.4, 0.5) is 5.00 Å². The van der Waals surface area contributed by atoms with Gasteiger partial charge in [0.25, 0.3) is 0 Å². The van der Waals surface area contributed by atoms with Crippen LogP contribution in [-0.4, -0.2) is 36.5 Å². The summed E-state index contributed by atoms with van der Waals surface area (Å²) < 4.78 is 5.27. The van der Waals surface area contributed by atoms with Crippen molar-refractivity contribution in [3.63, 3.8) is 0 Å². The lowest BCUT2D eigenvalue weighted by atomic mass is 9.95. The maximum absolute atomic E-state index is 12.7. The number of carbonyl (C=O) groups is 2. The van der Waals surface area contributed by atoms with Crippen LogP contribution in [0.1, 0.15) is 51.7 Å². The summed E-state index contributed by atoms with van der Waals surface area (Å²) in [6.45, 7) is 4.14. The number of nitrogens with one attached hydrogen (secondary N) is 1. The van der Waals surface area contributed by atoms with Gasteiger partial charge in [0.15, 0.2) is 0 Å². The van der Waals surface area contributed by atoms with E-state index >= 15 is 0 Å². The van der Waals surface area contributed by atoms with Crippen LogP contribution < -0.4 is 5.32 Å². The third-order valence-electron chi connectivity index (χ3n) is 5.48. The summed E-state index contributed by atoms with van der Waals surface area (Å²) in [5, 5.41) is 3.68. The van der Waals surface area contributed by atoms with Crippen LogP contribution in [0.2, 0.25) is 0 Å². The number of esters is 1. The lowest BCUT2D eigenvalue weighted by molar-refractivity contribution is -0.117. The molecular weight excluding hydrogens is 372 g/mol. The molecule has 1 aromatic heterocycles. The predicted molar refractivity (Wildman–Crippen MR) is 111 cm³/mol. The molecule has 2 aliphatic rings. The Labute approximate surface area is 169 Å². The Morgan fingerprint density at radius 3 is 2.75 bits per heavy atom. The number of anilines is 1. The minimum Gasteiger partial charge on any atom is -0.462 e. The topological polar surface area (TPSA) is 58.6 Å². The zero-order chi connectivity index (χ0) is 19.5. The Morgan fingerprint density at radius 2 is 1.93 bits per heavy atom. The van der Waals surface area contributed by atoms with Crippen LogP contribution in [0.5, 0.6) is 0 Å². The Kier molecular flexibility index (Phi) is 5.78. The third kappa shape index (κ3) is 3.98. The number of hydrogen-bond acceptors (Lipinski definition) is 5. The molecule has 1 amide bonds. The Hall–Kier alpha value is -2.18. The number of amides is 1. The summed E-state index contributed by atoms with van der Waals surface area (Å²) in [5.74, 6) is -0.382. The molecule has 0 fully saturated rings. The van der Waals surface area contributed by atoms with Gasteiger partial charge in [0.2, 0.25) is 5.91 Å². The molecule has 0 atom stereocenters. The largest absolute Gasteiger partial charge is 0.462 e. The van der Waals surface area contributed by atoms with Gasteiger partial charge in [0.05, 0.1) is 18.7 Å². The smallest absolute Gasteiger partial charge is 0.341 e. The first kappa shape index (κ1) is 19.2. The van der Waals surface area contributed by atoms with Gasteiger partial charge >= 0.3 is 5.97 Å². The van der Waals surface area contributed by atoms with E-state index in [2.05, 4.69) is 28.4 Å². The van der Waals surface area contributed by atoms with Crippen molar-refractivity contribution in [3.8, 4) is 0 Å². The van der Waals surface area contributed by atoms with E-state index in [0.29, 0.717) is 23.7 Å². The summed E-state index contributed by atoms with van der Waals surface area (Å²) in [6.07, 6.45) is 5.04. The van der Waals surface area contributed by atoms with Crippen LogP contribution in [0.25, 0.3) is 0 Å². The van der Waals surface area contributed by atoms with Crippen LogP contribution in [-0.2, 0) is 35.3 Å². The fraction of sp³-hybridized carbons (Fsp3) is 0.455. The van der Waals surface area contributed by atoms with Gasteiger partial charge in [0.1, 0.15) is 5.00 Å². The summed E-state index contributed by atoms with van der Waals surface area (Å²) in [6, 6.07) is 8.40. The summed E-state index contributed by atoms with van der Waals surface area (Å²) in [7, 11) is 0. The highest BCUT2D eigenvalue weighted by atomic mass is 32.1. The maximum atomic E-state index is 12.7. The lowest BCUT2D eigenvalue weighted by Crippen LogP contribution is -2.37. The molecular formula is C22H26N2O3S. The fourth-order valence-corrected chi connectivity index (χ4v) is 5.43. The second-order valence-corrected chi connectivity index (χ2v) is 8.52. The van der Waals surface area contributed by atoms with Crippen molar-refractivity contribution in [2.45, 2.75) is 45.6 Å². The highest BCUT2D eigenvalue weighted by molar-refractivity contribution is 7.17. The van der Waals surface area contributed by atoms with Crippen molar-refractivity contribution in [2.75, 3.05) is 25.0 Å². The summed E-state index contributed by atoms with van der Waals surface area (Å²) in [5.41, 5.74) is 4.32. The van der Waals surface area contributed by atoms with Gasteiger partial charge in [-0.1, -0.05) is 24.3 Å². The van der Waals surface area contributed by atoms with E-state index in [4.69, 9.17) is 4.74 Å². The zero-order valence-corrected chi connectivity index (χ0v) is 17.1. The van der Waals surface area contributed by atoms with Crippen molar-refractivity contribution >= 4 is 28.2 Å². The highest BCUT2D eigenvalue weighted by Gasteiger charge is 2.27. The van der Waals surface area contributed by atoms with Crippen LogP contribution in [0.3, 0.4) is 0 Å². The number of nitrogens with zero attached hydrogens (tertiary/aromatic N) is 1. The second-order valence-electron chi connectivity index (χ2n) is 7.41. The van der Waals surface area contributed by atoms with E-state index in [-0.39, 0.29) is 11.9 Å². The van der Waals surface area contributed by atoms with Gasteiger partial charge in [-0.05, 0) is 55.7 Å². The van der Waals surface area contributed by atoms with Crippen molar-refractivity contribution in [1.82, 2.24) is 4.90 Å². The highest BCUT2D eigenvalue weighted by Crippen LogP contribution is 2.38. The maximum Gasteiger partial charge on any atom is 0.341 e. The molecule has 6 heteroatoms. The number of rotatable bonds is 5. The molecule has 28 heavy (non-hydrogen) atoms. The molecule has 1 aliphatic carbocycles. The van der Waals surface area contributed by atoms with Gasteiger partial charge in [-0.3, -0.25) is 9.69 Å². The Balaban J connectivity index is 1.47. The number of thiophene rings is 1. The van der Waals surface area contributed by atoms with Crippen LogP contribution in [0, 0.1) is 0 Å². The van der Waals surface area contributed by atoms with E-state index in [1.807, 2.05) is 13.0 Å². The molecule has 0 saturated heterocycles. The Morgan fingerprint density at radius 1 is 1.14 bits per heavy atom. The Bertz CT molecular complexity index is 890. The SMILES string of the molecule is CCOC(=O)c1c(NC(=O)CN2CCc3ccccc3C2)sc2c1CCCC2. The normalized spacial score (nSPS) is 16.2. The molecule has 1 aliphatic heterocycles. The molecule has 148 valence electrons. The lowest BCUT2D eigenvalue weighted by Gasteiger charge is -2.28. The van der Waals surface area contributed by atoms with Crippen LogP contribution >= 0.6 is 11.3 Å². The number of aryl methyl sites for hydroxylation is 1. The van der Waals surface area contributed by atoms with Crippen LogP contribution in [0.15, 0.2) is 24.3 Å². The molecule has 1 N–H and O–H groups in total. The second kappa shape index (κ2) is 8.45. The first-order valence-corrected chi connectivity index (χ1v) is 10.9. The number of hydrogen-bond donors (Lipinski definition) is 1. The van der Waals surface area contributed by atoms with Crippen molar-refractivity contribution in [2.24, 2.45) is 0 Å². The minimum absolute atomic E-state index is 0.0662. The number of benzene rings is 1. The van der Waals surface area contributed by atoms with Crippen molar-refractivity contribution in [1.29, 1.82) is 0 Å². The average Bonchev–Trinajstić information content (AvgIpc) is 3.05. The molecule has 0 saturated carbocycles. The number of ether oxygens (including phenoxy) is 1. The molecule has 0 radical (unpaired) electrons. The van der Waals surface area contributed by atoms with E-state index < -0.39 is 0 Å². The van der Waals surface area contributed by atoms with Gasteiger partial charge in [-0.15, -0.1) is 11.3 Å². The molecule has 1 aromatic carbocycles. The van der Waals surface area contributed by atoms with E-state index in [1.54, 1.807) is 11.3 Å². The van der Waals surface area contributed by atoms with E-state index in [9.17, 15) is 9.59 Å². The first-order valence-electron chi connectivity index (χ1n) is 10.1. The zero-order valence-electron chi connectivity index (χ0n) is 16.3. The van der Waals surface area contributed by atoms with Gasteiger partial charge < -0.3 is 10.1 Å². The van der Waals surface area contributed by atoms with Gasteiger partial charge in [-0.2, -0.15) is 0 Å². The first-order chi connectivity index (χ1) is 13.7. The molecule has 0 spiro atoms. The summed E-state index contributed by atoms with van der Waals surface area (Å²) in [4.78, 5) is 28.7. The predicted octanol–water partition coefficient (Wildman–Crippen LogP) is 3.80. The van der Waals surface area contributed by atoms with Crippen molar-refractivity contribution < 1.29 is 14.3 Å². The van der Waals surface area contributed by atoms with E-state index in [1.165, 1.54) is 16.0 Å². The molecule has 5 nitrogen and oxygen atoms in total. The third-order valence-corrected chi connectivity index (χ3v) is 6.69. The number of carbonyl (C=O) groups excluding carboxylic acids is 2. The van der Waals surface area contributed by atoms with Gasteiger partial charge in [-0.25, -0.2) is 4.79 Å². The van der Waals surface area contributed by atoms with E-state index in [0.717, 1.165) is 50.8 Å². The van der Waals surface area contributed by atoms with Gasteiger partial charge in [0, 0.05) is 18.0 Å². The van der Waals surface area contributed by atoms with Crippen molar-refractivity contribution in [3.05, 3.63) is 51.4 Å². The summed E-state index contributed by atoms with van der Waals surface area (Å²) >= 11 is 1.54. The average molecular weight is 399 g/mol. The minimum atomic E-state index is -0.316. The monoisotopic (exact) mass is 398 g/mol.